The number of carbonyl (C=O) groups excluding carboxylic acids is 1. The van der Waals surface area contributed by atoms with Gasteiger partial charge in [-0.2, -0.15) is 0 Å². The Labute approximate surface area is 218 Å². The van der Waals surface area contributed by atoms with Crippen molar-refractivity contribution in [2.24, 2.45) is 0 Å². The zero-order valence-corrected chi connectivity index (χ0v) is 22.0. The van der Waals surface area contributed by atoms with Gasteiger partial charge in [-0.25, -0.2) is 0 Å². The number of carbonyl (C=O) groups is 1. The first-order valence-corrected chi connectivity index (χ1v) is 13.5. The molecule has 1 aromatic heterocycles. The van der Waals surface area contributed by atoms with Crippen molar-refractivity contribution in [3.05, 3.63) is 87.6 Å². The molecule has 36 heavy (non-hydrogen) atoms. The van der Waals surface area contributed by atoms with Crippen LogP contribution in [0.3, 0.4) is 0 Å². The van der Waals surface area contributed by atoms with E-state index in [-0.39, 0.29) is 25.1 Å². The van der Waals surface area contributed by atoms with Gasteiger partial charge in [0.25, 0.3) is 0 Å². The minimum Gasteiger partial charge on any atom is -0.491 e. The SMILES string of the molecule is CCN(CC(=O)N1CCc2sccc2[C@@H]1COc1ccccc1C)C[C@H](O)COCc1ccccc1. The third-order valence-electron chi connectivity index (χ3n) is 6.60. The van der Waals surface area contributed by atoms with Crippen LogP contribution in [-0.4, -0.2) is 66.3 Å². The van der Waals surface area contributed by atoms with E-state index in [0.29, 0.717) is 32.8 Å². The van der Waals surface area contributed by atoms with Crippen molar-refractivity contribution >= 4 is 17.2 Å². The number of aliphatic hydroxyl groups excluding tert-OH is 1. The minimum atomic E-state index is -0.661. The van der Waals surface area contributed by atoms with Crippen molar-refractivity contribution in [2.75, 3.05) is 39.4 Å². The average molecular weight is 509 g/mol. The predicted octanol–water partition coefficient (Wildman–Crippen LogP) is 4.46. The Hall–Kier alpha value is -2.71. The number of aryl methyl sites for hydroxylation is 1. The summed E-state index contributed by atoms with van der Waals surface area (Å²) in [4.78, 5) is 18.8. The number of nitrogens with zero attached hydrogens (tertiary/aromatic N) is 2. The van der Waals surface area contributed by atoms with Crippen molar-refractivity contribution in [3.8, 4) is 5.75 Å². The lowest BCUT2D eigenvalue weighted by Gasteiger charge is -2.37. The van der Waals surface area contributed by atoms with E-state index in [4.69, 9.17) is 9.47 Å². The normalized spacial score (nSPS) is 16.1. The van der Waals surface area contributed by atoms with Gasteiger partial charge in [0.05, 0.1) is 31.9 Å². The molecule has 2 atom stereocenters. The Morgan fingerprint density at radius 1 is 1.17 bits per heavy atom. The number of aliphatic hydroxyl groups is 1. The van der Waals surface area contributed by atoms with Crippen LogP contribution in [0, 0.1) is 6.92 Å². The van der Waals surface area contributed by atoms with Crippen LogP contribution in [0.25, 0.3) is 0 Å². The van der Waals surface area contributed by atoms with Gasteiger partial charge in [0, 0.05) is 18.0 Å². The van der Waals surface area contributed by atoms with Crippen LogP contribution in [-0.2, 0) is 22.6 Å². The highest BCUT2D eigenvalue weighted by Gasteiger charge is 2.33. The highest BCUT2D eigenvalue weighted by molar-refractivity contribution is 7.10. The average Bonchev–Trinajstić information content (AvgIpc) is 3.37. The largest absolute Gasteiger partial charge is 0.491 e. The van der Waals surface area contributed by atoms with E-state index in [0.717, 1.165) is 23.3 Å². The van der Waals surface area contributed by atoms with Gasteiger partial charge < -0.3 is 19.5 Å². The fraction of sp³-hybridized carbons (Fsp3) is 0.414. The molecule has 1 amide bonds. The first-order chi connectivity index (χ1) is 17.5. The molecule has 0 bridgehead atoms. The molecule has 2 aromatic carbocycles. The zero-order valence-electron chi connectivity index (χ0n) is 21.1. The van der Waals surface area contributed by atoms with Gasteiger partial charge in [0.15, 0.2) is 0 Å². The number of likely N-dealkylation sites (N-methyl/N-ethyl adjacent to an activating group) is 1. The van der Waals surface area contributed by atoms with E-state index in [1.807, 2.05) is 78.2 Å². The molecule has 4 rings (SSSR count). The molecule has 0 fully saturated rings. The van der Waals surface area contributed by atoms with Crippen molar-refractivity contribution in [3.63, 3.8) is 0 Å². The fourth-order valence-electron chi connectivity index (χ4n) is 4.59. The van der Waals surface area contributed by atoms with Crippen molar-refractivity contribution in [1.29, 1.82) is 0 Å². The second kappa shape index (κ2) is 13.0. The van der Waals surface area contributed by atoms with Crippen molar-refractivity contribution in [1.82, 2.24) is 9.80 Å². The molecule has 192 valence electrons. The van der Waals surface area contributed by atoms with Gasteiger partial charge in [-0.3, -0.25) is 9.69 Å². The number of thiophene rings is 1. The lowest BCUT2D eigenvalue weighted by molar-refractivity contribution is -0.136. The van der Waals surface area contributed by atoms with Crippen LogP contribution >= 0.6 is 11.3 Å². The maximum absolute atomic E-state index is 13.5. The quantitative estimate of drug-likeness (QED) is 0.391. The van der Waals surface area contributed by atoms with Crippen LogP contribution in [0.1, 0.15) is 34.5 Å². The van der Waals surface area contributed by atoms with Gasteiger partial charge in [-0.15, -0.1) is 11.3 Å². The van der Waals surface area contributed by atoms with Gasteiger partial charge in [-0.05, 0) is 54.1 Å². The third-order valence-corrected chi connectivity index (χ3v) is 7.60. The second-order valence-corrected chi connectivity index (χ2v) is 10.2. The lowest BCUT2D eigenvalue weighted by atomic mass is 10.0. The highest BCUT2D eigenvalue weighted by Crippen LogP contribution is 2.34. The summed E-state index contributed by atoms with van der Waals surface area (Å²) in [6, 6.07) is 19.9. The van der Waals surface area contributed by atoms with E-state index in [2.05, 4.69) is 11.4 Å². The van der Waals surface area contributed by atoms with E-state index in [9.17, 15) is 9.90 Å². The Morgan fingerprint density at radius 3 is 2.72 bits per heavy atom. The van der Waals surface area contributed by atoms with Gasteiger partial charge in [0.2, 0.25) is 5.91 Å². The molecular weight excluding hydrogens is 472 g/mol. The van der Waals surface area contributed by atoms with E-state index in [1.54, 1.807) is 11.3 Å². The molecule has 0 saturated heterocycles. The molecule has 1 N–H and O–H groups in total. The molecule has 0 aliphatic carbocycles. The molecule has 0 saturated carbocycles. The maximum atomic E-state index is 13.5. The summed E-state index contributed by atoms with van der Waals surface area (Å²) in [5.74, 6) is 0.908. The summed E-state index contributed by atoms with van der Waals surface area (Å²) in [6.07, 6.45) is 0.202. The molecule has 6 nitrogen and oxygen atoms in total. The Morgan fingerprint density at radius 2 is 1.94 bits per heavy atom. The Kier molecular flexibility index (Phi) is 9.53. The van der Waals surface area contributed by atoms with E-state index >= 15 is 0 Å². The first-order valence-electron chi connectivity index (χ1n) is 12.6. The highest BCUT2D eigenvalue weighted by atomic mass is 32.1. The van der Waals surface area contributed by atoms with E-state index in [1.165, 1.54) is 10.4 Å². The zero-order chi connectivity index (χ0) is 25.3. The van der Waals surface area contributed by atoms with Gasteiger partial charge >= 0.3 is 0 Å². The molecule has 3 aromatic rings. The standard InChI is InChI=1S/C29H36N2O4S/c1-3-30(17-24(32)20-34-19-23-10-5-4-6-11-23)18-29(33)31-15-13-28-25(14-16-36-28)26(31)21-35-27-12-8-7-9-22(27)2/h4-12,14,16,24,26,32H,3,13,15,17-21H2,1-2H3/t24-,26-/m0/s1. The summed E-state index contributed by atoms with van der Waals surface area (Å²) < 4.78 is 11.9. The summed E-state index contributed by atoms with van der Waals surface area (Å²) in [5.41, 5.74) is 3.34. The molecular formula is C29H36N2O4S. The van der Waals surface area contributed by atoms with Crippen LogP contribution in [0.15, 0.2) is 66.0 Å². The van der Waals surface area contributed by atoms with Gasteiger partial charge in [0.1, 0.15) is 12.4 Å². The van der Waals surface area contributed by atoms with Crippen molar-refractivity contribution in [2.45, 2.75) is 39.0 Å². The van der Waals surface area contributed by atoms with E-state index < -0.39 is 6.10 Å². The summed E-state index contributed by atoms with van der Waals surface area (Å²) in [6.45, 7) is 7.14. The fourth-order valence-corrected chi connectivity index (χ4v) is 5.52. The number of para-hydroxylation sites is 1. The molecule has 1 aliphatic heterocycles. The molecule has 7 heteroatoms. The Balaban J connectivity index is 1.34. The summed E-state index contributed by atoms with van der Waals surface area (Å²) >= 11 is 1.75. The summed E-state index contributed by atoms with van der Waals surface area (Å²) in [7, 11) is 0. The van der Waals surface area contributed by atoms with Crippen LogP contribution in [0.5, 0.6) is 5.75 Å². The third kappa shape index (κ3) is 6.95. The second-order valence-electron chi connectivity index (χ2n) is 9.21. The molecule has 0 spiro atoms. The minimum absolute atomic E-state index is 0.0597. The number of amides is 1. The number of hydrogen-bond acceptors (Lipinski definition) is 6. The number of hydrogen-bond donors (Lipinski definition) is 1. The molecule has 2 heterocycles. The molecule has 0 unspecified atom stereocenters. The number of ether oxygens (including phenoxy) is 2. The van der Waals surface area contributed by atoms with Crippen LogP contribution in [0.4, 0.5) is 0 Å². The number of rotatable bonds is 12. The summed E-state index contributed by atoms with van der Waals surface area (Å²) in [5, 5.41) is 12.6. The number of fused-ring (bicyclic) bond motifs is 1. The molecule has 0 radical (unpaired) electrons. The van der Waals surface area contributed by atoms with Gasteiger partial charge in [-0.1, -0.05) is 55.5 Å². The first kappa shape index (κ1) is 26.4. The van der Waals surface area contributed by atoms with Crippen LogP contribution < -0.4 is 4.74 Å². The predicted molar refractivity (Wildman–Crippen MR) is 143 cm³/mol. The number of benzene rings is 2. The monoisotopic (exact) mass is 508 g/mol. The maximum Gasteiger partial charge on any atom is 0.237 e. The van der Waals surface area contributed by atoms with Crippen LogP contribution in [0.2, 0.25) is 0 Å². The topological polar surface area (TPSA) is 62.2 Å². The lowest BCUT2D eigenvalue weighted by Crippen LogP contribution is -2.48. The molecule has 1 aliphatic rings. The smallest absolute Gasteiger partial charge is 0.237 e. The Bertz CT molecular complexity index is 1100. The van der Waals surface area contributed by atoms with Crippen molar-refractivity contribution < 1.29 is 19.4 Å².